The van der Waals surface area contributed by atoms with Crippen LogP contribution in [0.25, 0.3) is 0 Å². The van der Waals surface area contributed by atoms with E-state index >= 15 is 0 Å². The highest BCUT2D eigenvalue weighted by Gasteiger charge is 2.21. The molecule has 0 fully saturated rings. The molecule has 1 atom stereocenters. The lowest BCUT2D eigenvalue weighted by Gasteiger charge is -2.15. The Bertz CT molecular complexity index is 783. The normalized spacial score (nSPS) is 11.6. The molecule has 0 aliphatic rings. The molecule has 1 aromatic carbocycles. The zero-order valence-electron chi connectivity index (χ0n) is 14.9. The predicted octanol–water partition coefficient (Wildman–Crippen LogP) is 4.72. The number of rotatable bonds is 7. The number of nitriles is 1. The van der Waals surface area contributed by atoms with Crippen molar-refractivity contribution in [3.05, 3.63) is 53.2 Å². The van der Waals surface area contributed by atoms with Crippen molar-refractivity contribution in [3.8, 4) is 6.07 Å². The molecule has 0 spiro atoms. The minimum Gasteiger partial charge on any atom is -0.325 e. The van der Waals surface area contributed by atoms with Crippen LogP contribution in [0.5, 0.6) is 0 Å². The Balaban J connectivity index is 2.17. The van der Waals surface area contributed by atoms with Crippen molar-refractivity contribution >= 4 is 23.4 Å². The fourth-order valence-electron chi connectivity index (χ4n) is 2.45. The number of nitrogens with zero attached hydrogens (tertiary/aromatic N) is 2. The van der Waals surface area contributed by atoms with Crippen LogP contribution in [0.4, 0.5) is 5.69 Å². The maximum Gasteiger partial charge on any atom is 0.237 e. The van der Waals surface area contributed by atoms with Crippen molar-refractivity contribution in [1.82, 2.24) is 4.98 Å². The number of carbonyl (C=O) groups is 1. The van der Waals surface area contributed by atoms with Crippen LogP contribution in [-0.4, -0.2) is 16.1 Å². The van der Waals surface area contributed by atoms with Crippen molar-refractivity contribution in [1.29, 1.82) is 5.26 Å². The lowest BCUT2D eigenvalue weighted by Crippen LogP contribution is -2.24. The molecule has 0 bridgehead atoms. The number of aryl methyl sites for hydroxylation is 2. The topological polar surface area (TPSA) is 65.8 Å². The first kappa shape index (κ1) is 19.0. The number of benzene rings is 1. The summed E-state index contributed by atoms with van der Waals surface area (Å²) >= 11 is 1.37. The molecule has 0 saturated heterocycles. The van der Waals surface area contributed by atoms with Crippen molar-refractivity contribution in [2.24, 2.45) is 0 Å². The molecule has 1 N–H and O–H groups in total. The fraction of sp³-hybridized carbons (Fsp3) is 0.350. The average Bonchev–Trinajstić information content (AvgIpc) is 2.60. The van der Waals surface area contributed by atoms with E-state index in [4.69, 9.17) is 0 Å². The summed E-state index contributed by atoms with van der Waals surface area (Å²) < 4.78 is 0. The molecule has 5 heteroatoms. The number of anilines is 1. The summed E-state index contributed by atoms with van der Waals surface area (Å²) in [4.78, 5) is 17.2. The second-order valence-corrected chi connectivity index (χ2v) is 7.08. The van der Waals surface area contributed by atoms with Crippen LogP contribution in [0, 0.1) is 18.3 Å². The van der Waals surface area contributed by atoms with Gasteiger partial charge in [0.1, 0.15) is 11.1 Å². The van der Waals surface area contributed by atoms with E-state index in [0.29, 0.717) is 17.0 Å². The summed E-state index contributed by atoms with van der Waals surface area (Å²) in [6.07, 6.45) is 2.52. The van der Waals surface area contributed by atoms with Crippen LogP contribution in [-0.2, 0) is 11.2 Å². The van der Waals surface area contributed by atoms with Gasteiger partial charge < -0.3 is 5.32 Å². The van der Waals surface area contributed by atoms with Gasteiger partial charge in [-0.2, -0.15) is 5.26 Å². The number of nitrogens with one attached hydrogen (secondary N) is 1. The van der Waals surface area contributed by atoms with Crippen molar-refractivity contribution < 1.29 is 4.79 Å². The fourth-order valence-corrected chi connectivity index (χ4v) is 3.46. The molecule has 0 saturated carbocycles. The Hall–Kier alpha value is -2.32. The van der Waals surface area contributed by atoms with Crippen LogP contribution in [0.2, 0.25) is 0 Å². The van der Waals surface area contributed by atoms with Gasteiger partial charge in [-0.15, -0.1) is 0 Å². The summed E-state index contributed by atoms with van der Waals surface area (Å²) in [6.45, 7) is 6.05. The Morgan fingerprint density at radius 3 is 2.76 bits per heavy atom. The van der Waals surface area contributed by atoms with Crippen molar-refractivity contribution in [3.63, 3.8) is 0 Å². The van der Waals surface area contributed by atoms with Crippen LogP contribution >= 0.6 is 11.8 Å². The van der Waals surface area contributed by atoms with Gasteiger partial charge in [0.25, 0.3) is 0 Å². The maximum absolute atomic E-state index is 12.6. The molecule has 1 amide bonds. The zero-order valence-corrected chi connectivity index (χ0v) is 15.7. The summed E-state index contributed by atoms with van der Waals surface area (Å²) in [5, 5.41) is 12.6. The number of amides is 1. The van der Waals surface area contributed by atoms with E-state index in [-0.39, 0.29) is 11.2 Å². The number of hydrogen-bond donors (Lipinski definition) is 1. The number of hydrogen-bond acceptors (Lipinski definition) is 4. The quantitative estimate of drug-likeness (QED) is 0.731. The van der Waals surface area contributed by atoms with Gasteiger partial charge in [0.15, 0.2) is 0 Å². The van der Waals surface area contributed by atoms with E-state index < -0.39 is 0 Å². The van der Waals surface area contributed by atoms with E-state index in [1.54, 1.807) is 6.07 Å². The van der Waals surface area contributed by atoms with E-state index in [2.05, 4.69) is 23.3 Å². The smallest absolute Gasteiger partial charge is 0.237 e. The minimum absolute atomic E-state index is 0.0651. The second kappa shape index (κ2) is 9.24. The van der Waals surface area contributed by atoms with Crippen LogP contribution in [0.3, 0.4) is 0 Å². The molecule has 0 aliphatic carbocycles. The third-order valence-electron chi connectivity index (χ3n) is 3.75. The standard InChI is InChI=1S/C20H23N3OS/c1-4-7-16-11-10-15(13-21)20(23-16)25-18(5-2)19(24)22-17-9-6-8-14(3)12-17/h6,8-12,18H,4-5,7H2,1-3H3,(H,22,24). The Morgan fingerprint density at radius 2 is 2.12 bits per heavy atom. The average molecular weight is 353 g/mol. The molecule has 1 aromatic heterocycles. The van der Waals surface area contributed by atoms with Gasteiger partial charge >= 0.3 is 0 Å². The third kappa shape index (κ3) is 5.33. The van der Waals surface area contributed by atoms with Gasteiger partial charge in [-0.25, -0.2) is 4.98 Å². The molecule has 4 nitrogen and oxygen atoms in total. The maximum atomic E-state index is 12.6. The minimum atomic E-state index is -0.294. The first-order valence-electron chi connectivity index (χ1n) is 8.51. The molecular formula is C20H23N3OS. The van der Waals surface area contributed by atoms with Gasteiger partial charge in [-0.05, 0) is 49.6 Å². The van der Waals surface area contributed by atoms with Gasteiger partial charge in [0.2, 0.25) is 5.91 Å². The third-order valence-corrected chi connectivity index (χ3v) is 5.11. The van der Waals surface area contributed by atoms with E-state index in [1.165, 1.54) is 11.8 Å². The summed E-state index contributed by atoms with van der Waals surface area (Å²) in [5.41, 5.74) is 3.36. The van der Waals surface area contributed by atoms with Gasteiger partial charge in [0.05, 0.1) is 10.8 Å². The van der Waals surface area contributed by atoms with Gasteiger partial charge in [-0.1, -0.05) is 44.2 Å². The van der Waals surface area contributed by atoms with E-state index in [1.807, 2.05) is 44.2 Å². The highest BCUT2D eigenvalue weighted by Crippen LogP contribution is 2.28. The number of aromatic nitrogens is 1. The Morgan fingerprint density at radius 1 is 1.32 bits per heavy atom. The second-order valence-electron chi connectivity index (χ2n) is 5.89. The molecule has 1 unspecified atom stereocenters. The largest absolute Gasteiger partial charge is 0.325 e. The summed E-state index contributed by atoms with van der Waals surface area (Å²) in [7, 11) is 0. The molecule has 0 aliphatic heterocycles. The Kier molecular flexibility index (Phi) is 7.03. The zero-order chi connectivity index (χ0) is 18.2. The van der Waals surface area contributed by atoms with Crippen molar-refractivity contribution in [2.45, 2.75) is 50.3 Å². The summed E-state index contributed by atoms with van der Waals surface area (Å²) in [5.74, 6) is -0.0651. The molecule has 1 heterocycles. The SMILES string of the molecule is CCCc1ccc(C#N)c(SC(CC)C(=O)Nc2cccc(C)c2)n1. The number of pyridine rings is 1. The molecule has 25 heavy (non-hydrogen) atoms. The van der Waals surface area contributed by atoms with Crippen LogP contribution in [0.15, 0.2) is 41.4 Å². The molecule has 130 valence electrons. The highest BCUT2D eigenvalue weighted by atomic mass is 32.2. The monoisotopic (exact) mass is 353 g/mol. The van der Waals surface area contributed by atoms with Gasteiger partial charge in [0, 0.05) is 11.4 Å². The van der Waals surface area contributed by atoms with E-state index in [0.717, 1.165) is 29.8 Å². The van der Waals surface area contributed by atoms with Gasteiger partial charge in [-0.3, -0.25) is 4.79 Å². The van der Waals surface area contributed by atoms with Crippen LogP contribution < -0.4 is 5.32 Å². The molecule has 2 aromatic rings. The molecule has 2 rings (SSSR count). The predicted molar refractivity (Wildman–Crippen MR) is 103 cm³/mol. The highest BCUT2D eigenvalue weighted by molar-refractivity contribution is 8.00. The summed E-state index contributed by atoms with van der Waals surface area (Å²) in [6, 6.07) is 13.6. The lowest BCUT2D eigenvalue weighted by molar-refractivity contribution is -0.115. The lowest BCUT2D eigenvalue weighted by atomic mass is 10.2. The molecule has 0 radical (unpaired) electrons. The number of thioether (sulfide) groups is 1. The van der Waals surface area contributed by atoms with Crippen molar-refractivity contribution in [2.75, 3.05) is 5.32 Å². The molecular weight excluding hydrogens is 330 g/mol. The Labute approximate surface area is 153 Å². The van der Waals surface area contributed by atoms with E-state index in [9.17, 15) is 10.1 Å². The van der Waals surface area contributed by atoms with Crippen LogP contribution in [0.1, 0.15) is 43.5 Å². The first-order valence-corrected chi connectivity index (χ1v) is 9.39. The first-order chi connectivity index (χ1) is 12.1. The number of carbonyl (C=O) groups excluding carboxylic acids is 1.